The molecule has 1 heterocycles. The molecule has 7 heteroatoms. The van der Waals surface area contributed by atoms with Gasteiger partial charge in [0.1, 0.15) is 16.4 Å². The van der Waals surface area contributed by atoms with Crippen molar-refractivity contribution in [2.24, 2.45) is 5.73 Å². The number of aromatic nitrogens is 2. The third-order valence-electron chi connectivity index (χ3n) is 2.51. The van der Waals surface area contributed by atoms with Gasteiger partial charge in [0.2, 0.25) is 5.95 Å². The molecule has 1 aromatic carbocycles. The number of halogens is 1. The summed E-state index contributed by atoms with van der Waals surface area (Å²) in [5, 5.41) is 3.11. The van der Waals surface area contributed by atoms with Crippen molar-refractivity contribution in [2.75, 3.05) is 12.4 Å². The van der Waals surface area contributed by atoms with Gasteiger partial charge in [-0.15, -0.1) is 0 Å². The van der Waals surface area contributed by atoms with Crippen LogP contribution < -0.4 is 15.8 Å². The van der Waals surface area contributed by atoms with Gasteiger partial charge in [-0.05, 0) is 31.2 Å². The molecular weight excluding hydrogens is 340 g/mol. The number of methoxy groups -OCH3 is 1. The second-order valence-electron chi connectivity index (χ2n) is 4.05. The van der Waals surface area contributed by atoms with Crippen molar-refractivity contribution in [1.82, 2.24) is 9.97 Å². The van der Waals surface area contributed by atoms with Gasteiger partial charge in [-0.2, -0.15) is 0 Å². The van der Waals surface area contributed by atoms with Gasteiger partial charge in [-0.1, -0.05) is 28.1 Å². The summed E-state index contributed by atoms with van der Waals surface area (Å²) in [6, 6.07) is 7.36. The fourth-order valence-corrected chi connectivity index (χ4v) is 2.11. The van der Waals surface area contributed by atoms with E-state index in [0.717, 1.165) is 15.9 Å². The van der Waals surface area contributed by atoms with E-state index < -0.39 is 0 Å². The van der Waals surface area contributed by atoms with Crippen molar-refractivity contribution >= 4 is 44.8 Å². The van der Waals surface area contributed by atoms with E-state index in [4.69, 9.17) is 22.7 Å². The number of benzene rings is 1. The molecule has 20 heavy (non-hydrogen) atoms. The van der Waals surface area contributed by atoms with Crippen LogP contribution in [0.3, 0.4) is 0 Å². The summed E-state index contributed by atoms with van der Waals surface area (Å²) in [4.78, 5) is 8.82. The van der Waals surface area contributed by atoms with Crippen molar-refractivity contribution in [3.63, 3.8) is 0 Å². The molecule has 0 saturated carbocycles. The summed E-state index contributed by atoms with van der Waals surface area (Å²) in [5.74, 6) is 1.11. The lowest BCUT2D eigenvalue weighted by Gasteiger charge is -2.11. The number of hydrogen-bond donors (Lipinski definition) is 2. The minimum atomic E-state index is 0.236. The first-order valence-electron chi connectivity index (χ1n) is 5.75. The van der Waals surface area contributed by atoms with E-state index >= 15 is 0 Å². The van der Waals surface area contributed by atoms with Crippen LogP contribution in [-0.2, 0) is 0 Å². The average Bonchev–Trinajstić information content (AvgIpc) is 2.38. The maximum absolute atomic E-state index is 5.61. The number of aryl methyl sites for hydroxylation is 1. The van der Waals surface area contributed by atoms with E-state index in [0.29, 0.717) is 17.4 Å². The zero-order chi connectivity index (χ0) is 14.7. The molecule has 0 bridgehead atoms. The van der Waals surface area contributed by atoms with Gasteiger partial charge in [0.15, 0.2) is 0 Å². The highest BCUT2D eigenvalue weighted by Gasteiger charge is 2.08. The fraction of sp³-hybridized carbons (Fsp3) is 0.154. The summed E-state index contributed by atoms with van der Waals surface area (Å²) in [7, 11) is 1.60. The number of ether oxygens (including phenoxy) is 1. The molecular formula is C13H13BrN4OS. The van der Waals surface area contributed by atoms with Crippen LogP contribution in [0.2, 0.25) is 0 Å². The Balaban J connectivity index is 2.39. The fourth-order valence-electron chi connectivity index (χ4n) is 1.65. The normalized spacial score (nSPS) is 10.2. The molecule has 0 aliphatic rings. The maximum Gasteiger partial charge on any atom is 0.228 e. The van der Waals surface area contributed by atoms with Crippen molar-refractivity contribution < 1.29 is 4.74 Å². The molecule has 0 aliphatic carbocycles. The minimum absolute atomic E-state index is 0.236. The molecule has 2 rings (SSSR count). The monoisotopic (exact) mass is 352 g/mol. The third-order valence-corrected chi connectivity index (χ3v) is 3.22. The zero-order valence-corrected chi connectivity index (χ0v) is 13.4. The molecule has 0 radical (unpaired) electrons. The lowest BCUT2D eigenvalue weighted by molar-refractivity contribution is 0.416. The Kier molecular flexibility index (Phi) is 4.51. The molecule has 0 atom stereocenters. The number of anilines is 2. The van der Waals surface area contributed by atoms with Crippen molar-refractivity contribution in [3.05, 3.63) is 40.1 Å². The van der Waals surface area contributed by atoms with Gasteiger partial charge in [0.05, 0.1) is 12.8 Å². The predicted octanol–water partition coefficient (Wildman–Crippen LogP) is 2.93. The van der Waals surface area contributed by atoms with Crippen LogP contribution in [0.5, 0.6) is 5.75 Å². The summed E-state index contributed by atoms with van der Waals surface area (Å²) >= 11 is 8.36. The first-order chi connectivity index (χ1) is 9.49. The molecule has 0 saturated heterocycles. The number of thiocarbonyl (C=S) groups is 1. The topological polar surface area (TPSA) is 73.1 Å². The van der Waals surface area contributed by atoms with Crippen LogP contribution in [0, 0.1) is 6.92 Å². The van der Waals surface area contributed by atoms with Gasteiger partial charge < -0.3 is 15.8 Å². The maximum atomic E-state index is 5.61. The lowest BCUT2D eigenvalue weighted by atomic mass is 10.3. The van der Waals surface area contributed by atoms with Gasteiger partial charge >= 0.3 is 0 Å². The first kappa shape index (κ1) is 14.7. The minimum Gasteiger partial charge on any atom is -0.495 e. The average molecular weight is 353 g/mol. The van der Waals surface area contributed by atoms with E-state index in [1.165, 1.54) is 0 Å². The Morgan fingerprint density at radius 3 is 2.75 bits per heavy atom. The molecule has 1 aromatic heterocycles. The Bertz CT molecular complexity index is 663. The molecule has 0 amide bonds. The molecule has 0 aliphatic heterocycles. The Labute approximate surface area is 130 Å². The molecule has 5 nitrogen and oxygen atoms in total. The number of nitrogens with two attached hydrogens (primary N) is 1. The van der Waals surface area contributed by atoms with Gasteiger partial charge in [0.25, 0.3) is 0 Å². The lowest BCUT2D eigenvalue weighted by Crippen LogP contribution is -2.14. The van der Waals surface area contributed by atoms with Crippen LogP contribution in [-0.4, -0.2) is 22.1 Å². The van der Waals surface area contributed by atoms with E-state index in [1.807, 2.05) is 25.1 Å². The highest BCUT2D eigenvalue weighted by molar-refractivity contribution is 9.10. The van der Waals surface area contributed by atoms with Gasteiger partial charge in [-0.25, -0.2) is 9.97 Å². The molecule has 3 N–H and O–H groups in total. The largest absolute Gasteiger partial charge is 0.495 e. The highest BCUT2D eigenvalue weighted by atomic mass is 79.9. The highest BCUT2D eigenvalue weighted by Crippen LogP contribution is 2.29. The Morgan fingerprint density at radius 2 is 2.10 bits per heavy atom. The predicted molar refractivity (Wildman–Crippen MR) is 86.6 cm³/mol. The van der Waals surface area contributed by atoms with Crippen molar-refractivity contribution in [3.8, 4) is 5.75 Å². The smallest absolute Gasteiger partial charge is 0.228 e. The number of hydrogen-bond acceptors (Lipinski definition) is 5. The molecule has 0 unspecified atom stereocenters. The summed E-state index contributed by atoms with van der Waals surface area (Å²) < 4.78 is 6.21. The second kappa shape index (κ2) is 6.15. The van der Waals surface area contributed by atoms with Crippen LogP contribution in [0.25, 0.3) is 0 Å². The number of rotatable bonds is 4. The van der Waals surface area contributed by atoms with E-state index in [2.05, 4.69) is 31.2 Å². The van der Waals surface area contributed by atoms with Gasteiger partial charge in [0, 0.05) is 10.2 Å². The molecule has 0 fully saturated rings. The molecule has 104 valence electrons. The first-order valence-corrected chi connectivity index (χ1v) is 6.96. The van der Waals surface area contributed by atoms with Crippen molar-refractivity contribution in [2.45, 2.75) is 6.92 Å². The Morgan fingerprint density at radius 1 is 1.35 bits per heavy atom. The Hall–Kier alpha value is -1.73. The third kappa shape index (κ3) is 3.43. The number of nitrogens with one attached hydrogen (secondary N) is 1. The summed E-state index contributed by atoms with van der Waals surface area (Å²) in [5.41, 5.74) is 7.67. The van der Waals surface area contributed by atoms with Crippen molar-refractivity contribution in [1.29, 1.82) is 0 Å². The number of nitrogens with zero attached hydrogens (tertiary/aromatic N) is 2. The second-order valence-corrected chi connectivity index (χ2v) is 5.41. The van der Waals surface area contributed by atoms with E-state index in [1.54, 1.807) is 13.2 Å². The summed E-state index contributed by atoms with van der Waals surface area (Å²) in [6.07, 6.45) is 0. The SMILES string of the molecule is COc1ccc(Br)cc1Nc1nc(C)cc(C(N)=S)n1. The van der Waals surface area contributed by atoms with Crippen LogP contribution >= 0.6 is 28.1 Å². The summed E-state index contributed by atoms with van der Waals surface area (Å²) in [6.45, 7) is 1.85. The molecule has 2 aromatic rings. The van der Waals surface area contributed by atoms with Crippen LogP contribution in [0.1, 0.15) is 11.4 Å². The van der Waals surface area contributed by atoms with Crippen LogP contribution in [0.4, 0.5) is 11.6 Å². The van der Waals surface area contributed by atoms with E-state index in [-0.39, 0.29) is 4.99 Å². The van der Waals surface area contributed by atoms with Gasteiger partial charge in [-0.3, -0.25) is 0 Å². The molecule has 0 spiro atoms. The van der Waals surface area contributed by atoms with E-state index in [9.17, 15) is 0 Å². The van der Waals surface area contributed by atoms with Crippen LogP contribution in [0.15, 0.2) is 28.7 Å². The standard InChI is InChI=1S/C13H13BrN4OS/c1-7-5-10(12(15)20)18-13(16-7)17-9-6-8(14)3-4-11(9)19-2/h3-6H,1-2H3,(H2,15,20)(H,16,17,18). The quantitative estimate of drug-likeness (QED) is 0.824. The zero-order valence-electron chi connectivity index (χ0n) is 11.0.